The zero-order valence-electron chi connectivity index (χ0n) is 17.0. The van der Waals surface area contributed by atoms with E-state index in [1.165, 1.54) is 51.9 Å². The molecule has 2 rings (SSSR count). The molecule has 0 bridgehead atoms. The van der Waals surface area contributed by atoms with Gasteiger partial charge in [0.15, 0.2) is 5.96 Å². The molecule has 2 aliphatic rings. The van der Waals surface area contributed by atoms with Gasteiger partial charge in [-0.1, -0.05) is 20.3 Å². The van der Waals surface area contributed by atoms with Gasteiger partial charge in [-0.25, -0.2) is 0 Å². The zero-order valence-corrected chi connectivity index (χ0v) is 19.3. The van der Waals surface area contributed by atoms with Crippen molar-refractivity contribution in [3.05, 3.63) is 0 Å². The summed E-state index contributed by atoms with van der Waals surface area (Å²) in [4.78, 5) is 9.41. The predicted octanol–water partition coefficient (Wildman–Crippen LogP) is 2.62. The van der Waals surface area contributed by atoms with E-state index in [0.717, 1.165) is 25.0 Å². The van der Waals surface area contributed by atoms with Crippen LogP contribution in [0.5, 0.6) is 0 Å². The van der Waals surface area contributed by atoms with Gasteiger partial charge in [-0.05, 0) is 44.6 Å². The molecule has 2 N–H and O–H groups in total. The van der Waals surface area contributed by atoms with Crippen LogP contribution in [0.1, 0.15) is 46.5 Å². The maximum absolute atomic E-state index is 4.43. The average molecular weight is 465 g/mol. The number of nitrogens with one attached hydrogen (secondary N) is 2. The largest absolute Gasteiger partial charge is 0.356 e. The molecule has 5 nitrogen and oxygen atoms in total. The fraction of sp³-hybridized carbons (Fsp3) is 0.947. The van der Waals surface area contributed by atoms with Crippen molar-refractivity contribution in [3.8, 4) is 0 Å². The van der Waals surface area contributed by atoms with Crippen molar-refractivity contribution in [2.75, 3.05) is 53.4 Å². The van der Waals surface area contributed by atoms with Gasteiger partial charge < -0.3 is 15.5 Å². The smallest absolute Gasteiger partial charge is 0.191 e. The second kappa shape index (κ2) is 10.9. The molecule has 0 spiro atoms. The SMILES string of the molecule is CN=C(NCC(C)N1CCN(C)CC1)NCC1(CC(C)C)CCC1.I. The lowest BCUT2D eigenvalue weighted by Gasteiger charge is -2.43. The Labute approximate surface area is 172 Å². The van der Waals surface area contributed by atoms with Crippen molar-refractivity contribution in [2.24, 2.45) is 16.3 Å². The standard InChI is InChI=1S/C19H39N5.HI/c1-16(2)13-19(7-6-8-19)15-22-18(20-4)21-14-17(3)24-11-9-23(5)10-12-24;/h16-17H,6-15H2,1-5H3,(H2,20,21,22);1H. The van der Waals surface area contributed by atoms with E-state index in [0.29, 0.717) is 11.5 Å². The van der Waals surface area contributed by atoms with E-state index in [2.05, 4.69) is 53.2 Å². The molecule has 2 fully saturated rings. The molecule has 0 radical (unpaired) electrons. The second-order valence-electron chi connectivity index (χ2n) is 8.45. The third-order valence-corrected chi connectivity index (χ3v) is 5.84. The molecule has 1 saturated carbocycles. The number of piperazine rings is 1. The van der Waals surface area contributed by atoms with Crippen LogP contribution in [0.3, 0.4) is 0 Å². The van der Waals surface area contributed by atoms with E-state index in [-0.39, 0.29) is 24.0 Å². The molecule has 0 amide bonds. The van der Waals surface area contributed by atoms with Crippen molar-refractivity contribution in [1.29, 1.82) is 0 Å². The Kier molecular flexibility index (Phi) is 10.0. The first-order chi connectivity index (χ1) is 11.4. The Bertz CT molecular complexity index is 401. The molecule has 148 valence electrons. The molecule has 1 aliphatic heterocycles. The molecular weight excluding hydrogens is 425 g/mol. The maximum Gasteiger partial charge on any atom is 0.191 e. The fourth-order valence-corrected chi connectivity index (χ4v) is 4.12. The number of aliphatic imine (C=N–C) groups is 1. The molecule has 6 heteroatoms. The van der Waals surface area contributed by atoms with E-state index in [1.807, 2.05) is 7.05 Å². The van der Waals surface area contributed by atoms with E-state index < -0.39 is 0 Å². The van der Waals surface area contributed by atoms with E-state index >= 15 is 0 Å². The first kappa shape index (κ1) is 23.0. The average Bonchev–Trinajstić information content (AvgIpc) is 2.52. The van der Waals surface area contributed by atoms with Gasteiger partial charge in [0.05, 0.1) is 0 Å². The van der Waals surface area contributed by atoms with Crippen molar-refractivity contribution in [2.45, 2.75) is 52.5 Å². The summed E-state index contributed by atoms with van der Waals surface area (Å²) in [6.45, 7) is 13.7. The van der Waals surface area contributed by atoms with Crippen LogP contribution >= 0.6 is 24.0 Å². The van der Waals surface area contributed by atoms with Gasteiger partial charge in [0.2, 0.25) is 0 Å². The third kappa shape index (κ3) is 7.21. The van der Waals surface area contributed by atoms with Crippen molar-refractivity contribution in [3.63, 3.8) is 0 Å². The van der Waals surface area contributed by atoms with E-state index in [4.69, 9.17) is 0 Å². The van der Waals surface area contributed by atoms with Gasteiger partial charge in [-0.3, -0.25) is 9.89 Å². The van der Waals surface area contributed by atoms with E-state index in [1.54, 1.807) is 0 Å². The summed E-state index contributed by atoms with van der Waals surface area (Å²) in [6.07, 6.45) is 5.45. The van der Waals surface area contributed by atoms with Gasteiger partial charge in [0, 0.05) is 52.4 Å². The van der Waals surface area contributed by atoms with E-state index in [9.17, 15) is 0 Å². The quantitative estimate of drug-likeness (QED) is 0.345. The molecule has 1 unspecified atom stereocenters. The maximum atomic E-state index is 4.43. The van der Waals surface area contributed by atoms with Crippen LogP contribution in [0.15, 0.2) is 4.99 Å². The summed E-state index contributed by atoms with van der Waals surface area (Å²) < 4.78 is 0. The molecule has 0 aromatic rings. The predicted molar refractivity (Wildman–Crippen MR) is 119 cm³/mol. The minimum Gasteiger partial charge on any atom is -0.356 e. The fourth-order valence-electron chi connectivity index (χ4n) is 4.12. The van der Waals surface area contributed by atoms with Gasteiger partial charge in [0.25, 0.3) is 0 Å². The van der Waals surface area contributed by atoms with Crippen LogP contribution in [0.4, 0.5) is 0 Å². The van der Waals surface area contributed by atoms with Crippen LogP contribution in [-0.2, 0) is 0 Å². The van der Waals surface area contributed by atoms with Crippen molar-refractivity contribution in [1.82, 2.24) is 20.4 Å². The number of halogens is 1. The molecule has 25 heavy (non-hydrogen) atoms. The highest BCUT2D eigenvalue weighted by molar-refractivity contribution is 14.0. The monoisotopic (exact) mass is 465 g/mol. The number of guanidine groups is 1. The summed E-state index contributed by atoms with van der Waals surface area (Å²) in [7, 11) is 4.09. The van der Waals surface area contributed by atoms with Gasteiger partial charge >= 0.3 is 0 Å². The number of hydrogen-bond acceptors (Lipinski definition) is 3. The molecular formula is C19H40IN5. The minimum absolute atomic E-state index is 0. The lowest BCUT2D eigenvalue weighted by molar-refractivity contribution is 0.104. The topological polar surface area (TPSA) is 42.9 Å². The Hall–Kier alpha value is -0.0800. The lowest BCUT2D eigenvalue weighted by atomic mass is 9.64. The summed E-state index contributed by atoms with van der Waals surface area (Å²) in [5, 5.41) is 7.13. The first-order valence-corrected chi connectivity index (χ1v) is 9.81. The van der Waals surface area contributed by atoms with Crippen LogP contribution in [0, 0.1) is 11.3 Å². The van der Waals surface area contributed by atoms with Gasteiger partial charge in [-0.2, -0.15) is 0 Å². The Morgan fingerprint density at radius 3 is 2.20 bits per heavy atom. The third-order valence-electron chi connectivity index (χ3n) is 5.84. The van der Waals surface area contributed by atoms with Crippen molar-refractivity contribution >= 4 is 29.9 Å². The van der Waals surface area contributed by atoms with Crippen LogP contribution in [-0.4, -0.2) is 75.2 Å². The molecule has 1 aliphatic carbocycles. The van der Waals surface area contributed by atoms with Crippen LogP contribution in [0.25, 0.3) is 0 Å². The van der Waals surface area contributed by atoms with Crippen molar-refractivity contribution < 1.29 is 0 Å². The highest BCUT2D eigenvalue weighted by Gasteiger charge is 2.37. The molecule has 1 atom stereocenters. The number of likely N-dealkylation sites (N-methyl/N-ethyl adjacent to an activating group) is 1. The Morgan fingerprint density at radius 2 is 1.72 bits per heavy atom. The first-order valence-electron chi connectivity index (χ1n) is 9.81. The Morgan fingerprint density at radius 1 is 1.08 bits per heavy atom. The molecule has 1 heterocycles. The van der Waals surface area contributed by atoms with Gasteiger partial charge in [-0.15, -0.1) is 24.0 Å². The molecule has 0 aromatic heterocycles. The van der Waals surface area contributed by atoms with Crippen LogP contribution < -0.4 is 10.6 Å². The number of hydrogen-bond donors (Lipinski definition) is 2. The second-order valence-corrected chi connectivity index (χ2v) is 8.45. The van der Waals surface area contributed by atoms with Gasteiger partial charge in [0.1, 0.15) is 0 Å². The lowest BCUT2D eigenvalue weighted by Crippen LogP contribution is -2.53. The molecule has 0 aromatic carbocycles. The summed E-state index contributed by atoms with van der Waals surface area (Å²) in [5.41, 5.74) is 0.509. The molecule has 1 saturated heterocycles. The number of rotatable bonds is 7. The van der Waals surface area contributed by atoms with Crippen LogP contribution in [0.2, 0.25) is 0 Å². The minimum atomic E-state index is 0. The zero-order chi connectivity index (χ0) is 17.6. The summed E-state index contributed by atoms with van der Waals surface area (Å²) >= 11 is 0. The highest BCUT2D eigenvalue weighted by atomic mass is 127. The normalized spacial score (nSPS) is 22.9. The summed E-state index contributed by atoms with van der Waals surface area (Å²) in [6, 6.07) is 0.547. The summed E-state index contributed by atoms with van der Waals surface area (Å²) in [5.74, 6) is 1.74. The Balaban J connectivity index is 0.00000312. The highest BCUT2D eigenvalue weighted by Crippen LogP contribution is 2.45. The number of nitrogens with zero attached hydrogens (tertiary/aromatic N) is 3.